The topological polar surface area (TPSA) is 41.5 Å². The third-order valence-electron chi connectivity index (χ3n) is 2.52. The number of aliphatic hydroxyl groups is 1. The number of ether oxygens (including phenoxy) is 1. The molecule has 0 aliphatic carbocycles. The highest BCUT2D eigenvalue weighted by atomic mass is 19.2. The summed E-state index contributed by atoms with van der Waals surface area (Å²) in [6, 6.07) is 3.69. The molecule has 102 valence electrons. The molecule has 3 nitrogen and oxygen atoms in total. The lowest BCUT2D eigenvalue weighted by atomic mass is 10.2. The summed E-state index contributed by atoms with van der Waals surface area (Å²) in [6.07, 6.45) is 0.662. The summed E-state index contributed by atoms with van der Waals surface area (Å²) in [6.45, 7) is 4.36. The van der Waals surface area contributed by atoms with E-state index in [0.717, 1.165) is 12.1 Å². The molecule has 0 aliphatic rings. The molecule has 5 heteroatoms. The van der Waals surface area contributed by atoms with E-state index < -0.39 is 11.6 Å². The maximum Gasteiger partial charge on any atom is 0.162 e. The standard InChI is InChI=1S/C13H19F2NO2/c1-9(5-6-17)16-10(2)8-18-11-3-4-12(14)13(15)7-11/h3-4,7,9-10,16-17H,5-6,8H2,1-2H3/t9-,10?/m1/s1. The van der Waals surface area contributed by atoms with Gasteiger partial charge in [0.1, 0.15) is 12.4 Å². The molecule has 1 aromatic rings. The summed E-state index contributed by atoms with van der Waals surface area (Å²) < 4.78 is 31.0. The number of halogens is 2. The van der Waals surface area contributed by atoms with E-state index >= 15 is 0 Å². The smallest absolute Gasteiger partial charge is 0.162 e. The third kappa shape index (κ3) is 4.98. The van der Waals surface area contributed by atoms with Crippen molar-refractivity contribution < 1.29 is 18.6 Å². The molecule has 0 saturated carbocycles. The molecule has 0 aliphatic heterocycles. The van der Waals surface area contributed by atoms with Crippen LogP contribution in [-0.4, -0.2) is 30.4 Å². The molecule has 18 heavy (non-hydrogen) atoms. The van der Waals surface area contributed by atoms with Gasteiger partial charge >= 0.3 is 0 Å². The molecule has 0 radical (unpaired) electrons. The average Bonchev–Trinajstić information content (AvgIpc) is 2.31. The molecule has 0 aromatic heterocycles. The van der Waals surface area contributed by atoms with E-state index in [1.807, 2.05) is 13.8 Å². The molecule has 0 saturated heterocycles. The maximum atomic E-state index is 12.9. The molecular formula is C13H19F2NO2. The van der Waals surface area contributed by atoms with Gasteiger partial charge in [0.15, 0.2) is 11.6 Å². The van der Waals surface area contributed by atoms with Crippen molar-refractivity contribution in [2.75, 3.05) is 13.2 Å². The number of nitrogens with one attached hydrogen (secondary N) is 1. The van der Waals surface area contributed by atoms with E-state index in [1.165, 1.54) is 6.07 Å². The quantitative estimate of drug-likeness (QED) is 0.788. The molecule has 1 rings (SSSR count). The highest BCUT2D eigenvalue weighted by molar-refractivity contribution is 5.23. The van der Waals surface area contributed by atoms with E-state index in [-0.39, 0.29) is 18.7 Å². The number of benzene rings is 1. The first-order chi connectivity index (χ1) is 8.52. The van der Waals surface area contributed by atoms with Crippen LogP contribution in [0.1, 0.15) is 20.3 Å². The first-order valence-electron chi connectivity index (χ1n) is 5.97. The van der Waals surface area contributed by atoms with Gasteiger partial charge in [-0.15, -0.1) is 0 Å². The van der Waals surface area contributed by atoms with Gasteiger partial charge in [-0.2, -0.15) is 0 Å². The molecule has 2 N–H and O–H groups in total. The van der Waals surface area contributed by atoms with Crippen LogP contribution in [0.15, 0.2) is 18.2 Å². The Morgan fingerprint density at radius 2 is 1.94 bits per heavy atom. The fourth-order valence-corrected chi connectivity index (χ4v) is 1.60. The number of hydrogen-bond donors (Lipinski definition) is 2. The SMILES string of the molecule is CC(COc1ccc(F)c(F)c1)N[C@H](C)CCO. The molecule has 1 unspecified atom stereocenters. The zero-order valence-corrected chi connectivity index (χ0v) is 10.6. The van der Waals surface area contributed by atoms with Crippen molar-refractivity contribution in [3.63, 3.8) is 0 Å². The summed E-state index contributed by atoms with van der Waals surface area (Å²) in [5, 5.41) is 12.0. The Balaban J connectivity index is 2.37. The predicted molar refractivity (Wildman–Crippen MR) is 65.6 cm³/mol. The Morgan fingerprint density at radius 3 is 2.56 bits per heavy atom. The second-order valence-electron chi connectivity index (χ2n) is 4.37. The minimum atomic E-state index is -0.915. The monoisotopic (exact) mass is 259 g/mol. The Bertz CT molecular complexity index is 374. The lowest BCUT2D eigenvalue weighted by molar-refractivity contribution is 0.236. The largest absolute Gasteiger partial charge is 0.492 e. The van der Waals surface area contributed by atoms with Crippen molar-refractivity contribution in [3.05, 3.63) is 29.8 Å². The second-order valence-corrected chi connectivity index (χ2v) is 4.37. The van der Waals surface area contributed by atoms with Gasteiger partial charge < -0.3 is 15.2 Å². The van der Waals surface area contributed by atoms with Gasteiger partial charge in [-0.1, -0.05) is 0 Å². The summed E-state index contributed by atoms with van der Waals surface area (Å²) >= 11 is 0. The van der Waals surface area contributed by atoms with Gasteiger partial charge in [0, 0.05) is 24.8 Å². The summed E-state index contributed by atoms with van der Waals surface area (Å²) in [4.78, 5) is 0. The van der Waals surface area contributed by atoms with Crippen molar-refractivity contribution in [3.8, 4) is 5.75 Å². The molecule has 0 amide bonds. The average molecular weight is 259 g/mol. The van der Waals surface area contributed by atoms with E-state index in [2.05, 4.69) is 5.32 Å². The fraction of sp³-hybridized carbons (Fsp3) is 0.538. The molecular weight excluding hydrogens is 240 g/mol. The van der Waals surface area contributed by atoms with Crippen molar-refractivity contribution in [1.82, 2.24) is 5.32 Å². The van der Waals surface area contributed by atoms with E-state index in [0.29, 0.717) is 18.8 Å². The zero-order valence-electron chi connectivity index (χ0n) is 10.6. The summed E-state index contributed by atoms with van der Waals surface area (Å²) in [5.74, 6) is -1.50. The molecule has 0 heterocycles. The minimum Gasteiger partial charge on any atom is -0.492 e. The Hall–Kier alpha value is -1.20. The van der Waals surface area contributed by atoms with Crippen LogP contribution < -0.4 is 10.1 Å². The van der Waals surface area contributed by atoms with Crippen LogP contribution in [0.5, 0.6) is 5.75 Å². The first-order valence-corrected chi connectivity index (χ1v) is 5.97. The lowest BCUT2D eigenvalue weighted by Crippen LogP contribution is -2.38. The Labute approximate surface area is 106 Å². The van der Waals surface area contributed by atoms with Crippen LogP contribution in [0.2, 0.25) is 0 Å². The lowest BCUT2D eigenvalue weighted by Gasteiger charge is -2.19. The maximum absolute atomic E-state index is 12.9. The summed E-state index contributed by atoms with van der Waals surface area (Å²) in [5.41, 5.74) is 0. The van der Waals surface area contributed by atoms with Gasteiger partial charge in [-0.25, -0.2) is 8.78 Å². The minimum absolute atomic E-state index is 0.0552. The van der Waals surface area contributed by atoms with E-state index in [1.54, 1.807) is 0 Å². The van der Waals surface area contributed by atoms with Crippen LogP contribution in [0.3, 0.4) is 0 Å². The van der Waals surface area contributed by atoms with Crippen LogP contribution >= 0.6 is 0 Å². The Kier molecular flexibility index (Phi) is 6.01. The van der Waals surface area contributed by atoms with E-state index in [9.17, 15) is 8.78 Å². The van der Waals surface area contributed by atoms with Gasteiger partial charge in [-0.05, 0) is 32.4 Å². The molecule has 2 atom stereocenters. The van der Waals surface area contributed by atoms with Crippen LogP contribution in [0.4, 0.5) is 8.78 Å². The predicted octanol–water partition coefficient (Wildman–Crippen LogP) is 2.09. The second kappa shape index (κ2) is 7.28. The van der Waals surface area contributed by atoms with Gasteiger partial charge in [0.25, 0.3) is 0 Å². The Morgan fingerprint density at radius 1 is 1.22 bits per heavy atom. The highest BCUT2D eigenvalue weighted by Crippen LogP contribution is 2.15. The number of hydrogen-bond acceptors (Lipinski definition) is 3. The number of rotatable bonds is 7. The van der Waals surface area contributed by atoms with Crippen molar-refractivity contribution >= 4 is 0 Å². The zero-order chi connectivity index (χ0) is 13.5. The fourth-order valence-electron chi connectivity index (χ4n) is 1.60. The first kappa shape index (κ1) is 14.9. The van der Waals surface area contributed by atoms with Gasteiger partial charge in [-0.3, -0.25) is 0 Å². The molecule has 1 aromatic carbocycles. The van der Waals surface area contributed by atoms with Crippen LogP contribution in [0, 0.1) is 11.6 Å². The van der Waals surface area contributed by atoms with Crippen LogP contribution in [-0.2, 0) is 0 Å². The van der Waals surface area contributed by atoms with E-state index in [4.69, 9.17) is 9.84 Å². The van der Waals surface area contributed by atoms with Gasteiger partial charge in [0.2, 0.25) is 0 Å². The van der Waals surface area contributed by atoms with Crippen LogP contribution in [0.25, 0.3) is 0 Å². The molecule has 0 fully saturated rings. The van der Waals surface area contributed by atoms with Crippen molar-refractivity contribution in [2.45, 2.75) is 32.4 Å². The van der Waals surface area contributed by atoms with Crippen molar-refractivity contribution in [1.29, 1.82) is 0 Å². The number of aliphatic hydroxyl groups excluding tert-OH is 1. The van der Waals surface area contributed by atoms with Crippen molar-refractivity contribution in [2.24, 2.45) is 0 Å². The van der Waals surface area contributed by atoms with Gasteiger partial charge in [0.05, 0.1) is 0 Å². The highest BCUT2D eigenvalue weighted by Gasteiger charge is 2.08. The molecule has 0 bridgehead atoms. The summed E-state index contributed by atoms with van der Waals surface area (Å²) in [7, 11) is 0. The normalized spacial score (nSPS) is 14.3. The molecule has 0 spiro atoms. The third-order valence-corrected chi connectivity index (χ3v) is 2.52.